The van der Waals surface area contributed by atoms with Crippen LogP contribution in [-0.4, -0.2) is 13.7 Å². The summed E-state index contributed by atoms with van der Waals surface area (Å²) in [6.45, 7) is 2.08. The van der Waals surface area contributed by atoms with E-state index in [1.165, 1.54) is 19.2 Å². The van der Waals surface area contributed by atoms with Gasteiger partial charge in [0.2, 0.25) is 0 Å². The van der Waals surface area contributed by atoms with Crippen LogP contribution >= 0.6 is 0 Å². The molecule has 0 spiro atoms. The second-order valence-corrected chi connectivity index (χ2v) is 3.95. The van der Waals surface area contributed by atoms with Crippen molar-refractivity contribution >= 4 is 0 Å². The smallest absolute Gasteiger partial charge is 0.161 e. The van der Waals surface area contributed by atoms with Gasteiger partial charge in [0.25, 0.3) is 0 Å². The number of nitrogens with zero attached hydrogens (tertiary/aromatic N) is 4. The molecular weight excluding hydrogens is 268 g/mol. The van der Waals surface area contributed by atoms with Crippen LogP contribution in [0.5, 0.6) is 11.5 Å². The third-order valence-corrected chi connectivity index (χ3v) is 2.80. The Bertz CT molecular complexity index is 658. The van der Waals surface area contributed by atoms with Crippen LogP contribution in [0.1, 0.15) is 29.9 Å². The van der Waals surface area contributed by atoms with Gasteiger partial charge in [0.15, 0.2) is 11.8 Å². The molecule has 0 saturated carbocycles. The quantitative estimate of drug-likeness (QED) is 0.817. The molecule has 6 heteroatoms. The lowest BCUT2D eigenvalue weighted by molar-refractivity contribution is 0.334. The number of rotatable bonds is 5. The van der Waals surface area contributed by atoms with Gasteiger partial charge in [0, 0.05) is 11.1 Å². The molecule has 1 aromatic rings. The standard InChI is InChI=1S/C15H12N4O2/c1-3-21-15-5-12(10(6-16)7-17)14(20-2)4-13(15)11(8-18)9-19/h4-5,10-11H,3H2,1-2H3. The van der Waals surface area contributed by atoms with Crippen molar-refractivity contribution in [3.05, 3.63) is 23.3 Å². The van der Waals surface area contributed by atoms with Crippen LogP contribution in [0, 0.1) is 45.3 Å². The second kappa shape index (κ2) is 7.39. The Morgan fingerprint density at radius 2 is 1.33 bits per heavy atom. The summed E-state index contributed by atoms with van der Waals surface area (Å²) in [6, 6.07) is 10.4. The van der Waals surface area contributed by atoms with E-state index in [-0.39, 0.29) is 5.75 Å². The van der Waals surface area contributed by atoms with E-state index < -0.39 is 11.8 Å². The van der Waals surface area contributed by atoms with Crippen LogP contribution < -0.4 is 9.47 Å². The Morgan fingerprint density at radius 1 is 0.905 bits per heavy atom. The number of nitriles is 4. The van der Waals surface area contributed by atoms with Crippen LogP contribution in [0.3, 0.4) is 0 Å². The van der Waals surface area contributed by atoms with Gasteiger partial charge in [0.1, 0.15) is 11.5 Å². The summed E-state index contributed by atoms with van der Waals surface area (Å²) in [6.07, 6.45) is 0. The Labute approximate surface area is 123 Å². The molecule has 0 aliphatic heterocycles. The first-order valence-electron chi connectivity index (χ1n) is 6.09. The lowest BCUT2D eigenvalue weighted by Crippen LogP contribution is -2.05. The topological polar surface area (TPSA) is 114 Å². The van der Waals surface area contributed by atoms with Gasteiger partial charge in [-0.15, -0.1) is 0 Å². The predicted molar refractivity (Wildman–Crippen MR) is 72.1 cm³/mol. The van der Waals surface area contributed by atoms with E-state index in [1.54, 1.807) is 6.92 Å². The van der Waals surface area contributed by atoms with Crippen molar-refractivity contribution in [1.29, 1.82) is 21.0 Å². The van der Waals surface area contributed by atoms with Crippen molar-refractivity contribution in [2.75, 3.05) is 13.7 Å². The minimum Gasteiger partial charge on any atom is -0.496 e. The molecule has 0 saturated heterocycles. The number of methoxy groups -OCH3 is 1. The Morgan fingerprint density at radius 3 is 1.71 bits per heavy atom. The Balaban J connectivity index is 3.57. The molecule has 0 atom stereocenters. The molecule has 1 rings (SSSR count). The SMILES string of the molecule is CCOc1cc(C(C#N)C#N)c(OC)cc1C(C#N)C#N. The van der Waals surface area contributed by atoms with Crippen LogP contribution in [0.2, 0.25) is 0 Å². The van der Waals surface area contributed by atoms with Gasteiger partial charge in [-0.05, 0) is 19.1 Å². The molecule has 21 heavy (non-hydrogen) atoms. The zero-order chi connectivity index (χ0) is 15.8. The maximum atomic E-state index is 9.03. The van der Waals surface area contributed by atoms with Crippen molar-refractivity contribution in [1.82, 2.24) is 0 Å². The first-order valence-corrected chi connectivity index (χ1v) is 6.09. The predicted octanol–water partition coefficient (Wildman–Crippen LogP) is 2.36. The Hall–Kier alpha value is -3.22. The van der Waals surface area contributed by atoms with E-state index in [2.05, 4.69) is 0 Å². The third-order valence-electron chi connectivity index (χ3n) is 2.80. The van der Waals surface area contributed by atoms with E-state index >= 15 is 0 Å². The van der Waals surface area contributed by atoms with Gasteiger partial charge in [-0.3, -0.25) is 0 Å². The molecule has 0 unspecified atom stereocenters. The fourth-order valence-corrected chi connectivity index (χ4v) is 1.84. The molecular formula is C15H12N4O2. The largest absolute Gasteiger partial charge is 0.496 e. The van der Waals surface area contributed by atoms with Gasteiger partial charge in [-0.25, -0.2) is 0 Å². The fourth-order valence-electron chi connectivity index (χ4n) is 1.84. The molecule has 104 valence electrons. The monoisotopic (exact) mass is 280 g/mol. The highest BCUT2D eigenvalue weighted by Gasteiger charge is 2.23. The number of benzene rings is 1. The lowest BCUT2D eigenvalue weighted by Gasteiger charge is -2.16. The van der Waals surface area contributed by atoms with Crippen molar-refractivity contribution in [3.8, 4) is 35.8 Å². The Kier molecular flexibility index (Phi) is 5.57. The summed E-state index contributed by atoms with van der Waals surface area (Å²) in [4.78, 5) is 0. The molecule has 0 aliphatic carbocycles. The summed E-state index contributed by atoms with van der Waals surface area (Å²) in [5.41, 5.74) is 0.710. The minimum atomic E-state index is -1.02. The van der Waals surface area contributed by atoms with Crippen molar-refractivity contribution < 1.29 is 9.47 Å². The number of hydrogen-bond acceptors (Lipinski definition) is 6. The van der Waals surface area contributed by atoms with Crippen LogP contribution in [0.4, 0.5) is 0 Å². The zero-order valence-corrected chi connectivity index (χ0v) is 11.6. The van der Waals surface area contributed by atoms with Crippen molar-refractivity contribution in [2.45, 2.75) is 18.8 Å². The first kappa shape index (κ1) is 15.8. The average Bonchev–Trinajstić information content (AvgIpc) is 2.51. The maximum Gasteiger partial charge on any atom is 0.161 e. The number of ether oxygens (including phenoxy) is 2. The van der Waals surface area contributed by atoms with Crippen LogP contribution in [0.25, 0.3) is 0 Å². The summed E-state index contributed by atoms with van der Waals surface area (Å²) in [5, 5.41) is 36.1. The third kappa shape index (κ3) is 3.21. The van der Waals surface area contributed by atoms with E-state index in [0.717, 1.165) is 0 Å². The van der Waals surface area contributed by atoms with Crippen molar-refractivity contribution in [2.24, 2.45) is 0 Å². The highest BCUT2D eigenvalue weighted by molar-refractivity contribution is 5.54. The first-order chi connectivity index (χ1) is 10.2. The molecule has 1 aromatic carbocycles. The van der Waals surface area contributed by atoms with Gasteiger partial charge in [0.05, 0.1) is 38.0 Å². The fraction of sp³-hybridized carbons (Fsp3) is 0.333. The highest BCUT2D eigenvalue weighted by atomic mass is 16.5. The lowest BCUT2D eigenvalue weighted by atomic mass is 9.94. The van der Waals surface area contributed by atoms with Crippen molar-refractivity contribution in [3.63, 3.8) is 0 Å². The van der Waals surface area contributed by atoms with E-state index in [4.69, 9.17) is 30.5 Å². The number of hydrogen-bond donors (Lipinski definition) is 0. The summed E-state index contributed by atoms with van der Waals surface area (Å²) < 4.78 is 10.6. The average molecular weight is 280 g/mol. The normalized spacial score (nSPS) is 9.33. The minimum absolute atomic E-state index is 0.275. The highest BCUT2D eigenvalue weighted by Crippen LogP contribution is 2.36. The molecule has 0 bridgehead atoms. The maximum absolute atomic E-state index is 9.03. The molecule has 0 N–H and O–H groups in total. The molecule has 0 heterocycles. The molecule has 0 amide bonds. The van der Waals surface area contributed by atoms with Gasteiger partial charge in [-0.2, -0.15) is 21.0 Å². The van der Waals surface area contributed by atoms with Gasteiger partial charge >= 0.3 is 0 Å². The van der Waals surface area contributed by atoms with Gasteiger partial charge in [-0.1, -0.05) is 0 Å². The second-order valence-electron chi connectivity index (χ2n) is 3.95. The molecule has 6 nitrogen and oxygen atoms in total. The molecule has 0 aromatic heterocycles. The zero-order valence-electron chi connectivity index (χ0n) is 11.6. The van der Waals surface area contributed by atoms with Crippen LogP contribution in [-0.2, 0) is 0 Å². The molecule has 0 fully saturated rings. The van der Waals surface area contributed by atoms with E-state index in [9.17, 15) is 0 Å². The van der Waals surface area contributed by atoms with E-state index in [0.29, 0.717) is 23.5 Å². The van der Waals surface area contributed by atoms with Gasteiger partial charge < -0.3 is 9.47 Å². The molecule has 0 radical (unpaired) electrons. The van der Waals surface area contributed by atoms with E-state index in [1.807, 2.05) is 24.3 Å². The summed E-state index contributed by atoms with van der Waals surface area (Å²) in [7, 11) is 1.39. The summed E-state index contributed by atoms with van der Waals surface area (Å²) in [5.74, 6) is -1.46. The molecule has 0 aliphatic rings. The summed E-state index contributed by atoms with van der Waals surface area (Å²) >= 11 is 0. The van der Waals surface area contributed by atoms with Crippen LogP contribution in [0.15, 0.2) is 12.1 Å².